The molecule has 0 amide bonds. The fourth-order valence-electron chi connectivity index (χ4n) is 0.971. The van der Waals surface area contributed by atoms with E-state index >= 15 is 0 Å². The van der Waals surface area contributed by atoms with Crippen molar-refractivity contribution in [1.29, 1.82) is 0 Å². The van der Waals surface area contributed by atoms with Gasteiger partial charge in [0.2, 0.25) is 0 Å². The maximum atomic E-state index is 3.64. The smallest absolute Gasteiger partial charge is 0.0773 e. The van der Waals surface area contributed by atoms with Crippen LogP contribution in [0.4, 0.5) is 0 Å². The van der Waals surface area contributed by atoms with Crippen LogP contribution in [0.2, 0.25) is 0 Å². The van der Waals surface area contributed by atoms with Crippen molar-refractivity contribution in [2.45, 2.75) is 9.05 Å². The topological polar surface area (TPSA) is 3.24 Å². The minimum atomic E-state index is 0.463. The molecule has 0 fully saturated rings. The third-order valence-electron chi connectivity index (χ3n) is 1.52. The van der Waals surface area contributed by atoms with Gasteiger partial charge in [0.05, 0.1) is 4.16 Å². The molecule has 0 aliphatic heterocycles. The van der Waals surface area contributed by atoms with Crippen molar-refractivity contribution in [2.75, 3.05) is 20.6 Å². The van der Waals surface area contributed by atoms with E-state index in [9.17, 15) is 0 Å². The number of rotatable bonds is 4. The van der Waals surface area contributed by atoms with E-state index in [0.29, 0.717) is 4.16 Å². The third-order valence-corrected chi connectivity index (χ3v) is 3.32. The molecule has 0 heterocycles. The van der Waals surface area contributed by atoms with Gasteiger partial charge in [0, 0.05) is 11.4 Å². The molecule has 0 bridgehead atoms. The van der Waals surface area contributed by atoms with Crippen molar-refractivity contribution >= 4 is 27.7 Å². The lowest BCUT2D eigenvalue weighted by atomic mass is 10.4. The maximum Gasteiger partial charge on any atom is 0.0773 e. The zero-order valence-corrected chi connectivity index (χ0v) is 10.3. The van der Waals surface area contributed by atoms with E-state index in [1.165, 1.54) is 4.90 Å². The molecule has 0 aliphatic rings. The van der Waals surface area contributed by atoms with Gasteiger partial charge < -0.3 is 4.90 Å². The van der Waals surface area contributed by atoms with Crippen molar-refractivity contribution in [3.05, 3.63) is 30.3 Å². The largest absolute Gasteiger partial charge is 0.307 e. The SMILES string of the molecule is CN(C)CC(Br)Sc1ccccc1. The summed E-state index contributed by atoms with van der Waals surface area (Å²) in [6, 6.07) is 10.4. The standard InChI is InChI=1S/C10H14BrNS/c1-12(2)8-10(11)13-9-6-4-3-5-7-9/h3-7,10H,8H2,1-2H3. The van der Waals surface area contributed by atoms with Gasteiger partial charge in [0.1, 0.15) is 0 Å². The van der Waals surface area contributed by atoms with E-state index in [2.05, 4.69) is 59.2 Å². The Balaban J connectivity index is 2.41. The van der Waals surface area contributed by atoms with Crippen LogP contribution in [0, 0.1) is 0 Å². The Labute approximate surface area is 92.6 Å². The first kappa shape index (κ1) is 11.1. The molecule has 1 aromatic rings. The molecule has 1 aromatic carbocycles. The van der Waals surface area contributed by atoms with Gasteiger partial charge in [-0.05, 0) is 26.2 Å². The fourth-order valence-corrected chi connectivity index (χ4v) is 3.18. The van der Waals surface area contributed by atoms with E-state index in [0.717, 1.165) is 6.54 Å². The Hall–Kier alpha value is 0.0100. The summed E-state index contributed by atoms with van der Waals surface area (Å²) < 4.78 is 0.463. The maximum absolute atomic E-state index is 3.64. The molecule has 0 radical (unpaired) electrons. The predicted octanol–water partition coefficient (Wildman–Crippen LogP) is 3.06. The molecule has 0 spiro atoms. The van der Waals surface area contributed by atoms with Crippen molar-refractivity contribution in [3.8, 4) is 0 Å². The lowest BCUT2D eigenvalue weighted by molar-refractivity contribution is 0.432. The van der Waals surface area contributed by atoms with E-state index in [-0.39, 0.29) is 0 Å². The van der Waals surface area contributed by atoms with Crippen LogP contribution >= 0.6 is 27.7 Å². The molecule has 13 heavy (non-hydrogen) atoms. The number of nitrogens with zero attached hydrogens (tertiary/aromatic N) is 1. The summed E-state index contributed by atoms with van der Waals surface area (Å²) in [5, 5.41) is 0. The highest BCUT2D eigenvalue weighted by Gasteiger charge is 2.06. The Morgan fingerprint density at radius 3 is 2.46 bits per heavy atom. The van der Waals surface area contributed by atoms with Gasteiger partial charge in [0.25, 0.3) is 0 Å². The summed E-state index contributed by atoms with van der Waals surface area (Å²) in [6.45, 7) is 1.04. The van der Waals surface area contributed by atoms with Crippen LogP contribution in [-0.4, -0.2) is 29.7 Å². The minimum absolute atomic E-state index is 0.463. The quantitative estimate of drug-likeness (QED) is 0.604. The van der Waals surface area contributed by atoms with Gasteiger partial charge in [-0.1, -0.05) is 34.1 Å². The van der Waals surface area contributed by atoms with E-state index in [1.807, 2.05) is 17.8 Å². The highest BCUT2D eigenvalue weighted by atomic mass is 79.9. The van der Waals surface area contributed by atoms with Crippen molar-refractivity contribution in [2.24, 2.45) is 0 Å². The molecule has 0 saturated carbocycles. The lowest BCUT2D eigenvalue weighted by Gasteiger charge is -2.14. The van der Waals surface area contributed by atoms with E-state index < -0.39 is 0 Å². The van der Waals surface area contributed by atoms with Crippen molar-refractivity contribution in [3.63, 3.8) is 0 Å². The normalized spacial score (nSPS) is 13.2. The molecule has 0 saturated heterocycles. The summed E-state index contributed by atoms with van der Waals surface area (Å²) in [5.74, 6) is 0. The monoisotopic (exact) mass is 259 g/mol. The van der Waals surface area contributed by atoms with Gasteiger partial charge in [0.15, 0.2) is 0 Å². The zero-order chi connectivity index (χ0) is 9.68. The average molecular weight is 260 g/mol. The second-order valence-corrected chi connectivity index (χ2v) is 6.09. The number of alkyl halides is 1. The first-order valence-corrected chi connectivity index (χ1v) is 5.98. The van der Waals surface area contributed by atoms with E-state index in [4.69, 9.17) is 0 Å². The Morgan fingerprint density at radius 1 is 1.31 bits per heavy atom. The van der Waals surface area contributed by atoms with Crippen molar-refractivity contribution < 1.29 is 0 Å². The fraction of sp³-hybridized carbons (Fsp3) is 0.400. The molecular weight excluding hydrogens is 246 g/mol. The second-order valence-electron chi connectivity index (χ2n) is 3.10. The van der Waals surface area contributed by atoms with Crippen LogP contribution in [0.15, 0.2) is 35.2 Å². The lowest BCUT2D eigenvalue weighted by Crippen LogP contribution is -2.19. The molecule has 1 nitrogen and oxygen atoms in total. The number of hydrogen-bond acceptors (Lipinski definition) is 2. The molecular formula is C10H14BrNS. The number of halogens is 1. The number of hydrogen-bond donors (Lipinski definition) is 0. The summed E-state index contributed by atoms with van der Waals surface area (Å²) in [5.41, 5.74) is 0. The number of thioether (sulfide) groups is 1. The van der Waals surface area contributed by atoms with Crippen molar-refractivity contribution in [1.82, 2.24) is 4.90 Å². The van der Waals surface area contributed by atoms with Gasteiger partial charge in [-0.2, -0.15) is 0 Å². The first-order valence-electron chi connectivity index (χ1n) is 4.19. The zero-order valence-electron chi connectivity index (χ0n) is 7.90. The first-order chi connectivity index (χ1) is 6.18. The van der Waals surface area contributed by atoms with E-state index in [1.54, 1.807) is 0 Å². The minimum Gasteiger partial charge on any atom is -0.307 e. The Bertz CT molecular complexity index is 238. The van der Waals surface area contributed by atoms with Gasteiger partial charge >= 0.3 is 0 Å². The highest BCUT2D eigenvalue weighted by molar-refractivity contribution is 9.11. The molecule has 72 valence electrons. The van der Waals surface area contributed by atoms with Crippen LogP contribution in [0.3, 0.4) is 0 Å². The number of benzene rings is 1. The van der Waals surface area contributed by atoms with Gasteiger partial charge in [-0.25, -0.2) is 0 Å². The van der Waals surface area contributed by atoms with Crippen LogP contribution < -0.4 is 0 Å². The van der Waals surface area contributed by atoms with Crippen LogP contribution in [0.1, 0.15) is 0 Å². The Kier molecular flexibility index (Phi) is 4.84. The molecule has 1 rings (SSSR count). The predicted molar refractivity (Wildman–Crippen MR) is 63.6 cm³/mol. The summed E-state index contributed by atoms with van der Waals surface area (Å²) in [4.78, 5) is 3.49. The molecule has 1 unspecified atom stereocenters. The summed E-state index contributed by atoms with van der Waals surface area (Å²) in [7, 11) is 4.17. The van der Waals surface area contributed by atoms with Gasteiger partial charge in [-0.3, -0.25) is 0 Å². The average Bonchev–Trinajstić information content (AvgIpc) is 2.04. The van der Waals surface area contributed by atoms with Crippen LogP contribution in [0.25, 0.3) is 0 Å². The summed E-state index contributed by atoms with van der Waals surface area (Å²) >= 11 is 5.48. The molecule has 1 atom stereocenters. The third kappa shape index (κ3) is 4.69. The molecule has 0 aromatic heterocycles. The Morgan fingerprint density at radius 2 is 1.92 bits per heavy atom. The summed E-state index contributed by atoms with van der Waals surface area (Å²) in [6.07, 6.45) is 0. The molecule has 0 aliphatic carbocycles. The van der Waals surface area contributed by atoms with Gasteiger partial charge in [-0.15, -0.1) is 11.8 Å². The highest BCUT2D eigenvalue weighted by Crippen LogP contribution is 2.26. The second kappa shape index (κ2) is 5.68. The molecule has 0 N–H and O–H groups in total. The van der Waals surface area contributed by atoms with Crippen LogP contribution in [-0.2, 0) is 0 Å². The van der Waals surface area contributed by atoms with Crippen LogP contribution in [0.5, 0.6) is 0 Å². The molecule has 3 heteroatoms.